The average Bonchev–Trinajstić information content (AvgIpc) is 3.18. The van der Waals surface area contributed by atoms with Crippen molar-refractivity contribution in [1.29, 1.82) is 0 Å². The minimum atomic E-state index is -0.684. The molecule has 0 aromatic heterocycles. The van der Waals surface area contributed by atoms with Crippen LogP contribution in [-0.4, -0.2) is 52.5 Å². The minimum Gasteiger partial charge on any atom is -0.466 e. The van der Waals surface area contributed by atoms with E-state index in [9.17, 15) is 19.7 Å². The molecule has 1 unspecified atom stereocenters. The number of benzene rings is 1. The SMILES string of the molecule is CCC1=C(C(=O)OC)C(c2cccc([N+](=O)[O-])c2)N2C(CC(=O)N(C)CC)=CSC2=N1. The van der Waals surface area contributed by atoms with Crippen molar-refractivity contribution in [3.63, 3.8) is 0 Å². The van der Waals surface area contributed by atoms with Gasteiger partial charge in [-0.15, -0.1) is 0 Å². The van der Waals surface area contributed by atoms with Gasteiger partial charge in [0.15, 0.2) is 5.17 Å². The molecule has 2 aliphatic rings. The Bertz CT molecular complexity index is 1020. The fraction of sp³-hybridized carbons (Fsp3) is 0.381. The van der Waals surface area contributed by atoms with Gasteiger partial charge in [0.05, 0.1) is 35.8 Å². The summed E-state index contributed by atoms with van der Waals surface area (Å²) in [6.45, 7) is 4.35. The number of hydrogen-bond donors (Lipinski definition) is 0. The molecule has 31 heavy (non-hydrogen) atoms. The Labute approximate surface area is 184 Å². The molecule has 0 N–H and O–H groups in total. The lowest BCUT2D eigenvalue weighted by atomic mass is 9.92. The smallest absolute Gasteiger partial charge is 0.338 e. The first-order chi connectivity index (χ1) is 14.8. The zero-order valence-corrected chi connectivity index (χ0v) is 18.6. The first kappa shape index (κ1) is 22.5. The van der Waals surface area contributed by atoms with Crippen molar-refractivity contribution in [1.82, 2.24) is 9.80 Å². The fourth-order valence-electron chi connectivity index (χ4n) is 3.50. The first-order valence-corrected chi connectivity index (χ1v) is 10.7. The predicted molar refractivity (Wildman–Crippen MR) is 118 cm³/mol. The third-order valence-electron chi connectivity index (χ3n) is 5.26. The van der Waals surface area contributed by atoms with E-state index in [2.05, 4.69) is 4.99 Å². The van der Waals surface area contributed by atoms with Crippen LogP contribution in [0.15, 0.2) is 51.6 Å². The molecule has 0 saturated carbocycles. The number of carbonyl (C=O) groups is 2. The van der Waals surface area contributed by atoms with E-state index in [0.29, 0.717) is 40.7 Å². The van der Waals surface area contributed by atoms with Crippen molar-refractivity contribution in [2.75, 3.05) is 20.7 Å². The van der Waals surface area contributed by atoms with E-state index in [0.717, 1.165) is 0 Å². The molecular formula is C21H24N4O5S. The fourth-order valence-corrected chi connectivity index (χ4v) is 4.44. The number of amidine groups is 1. The molecular weight excluding hydrogens is 420 g/mol. The normalized spacial score (nSPS) is 17.7. The van der Waals surface area contributed by atoms with E-state index < -0.39 is 16.9 Å². The molecule has 1 aromatic carbocycles. The molecule has 10 heteroatoms. The molecule has 0 bridgehead atoms. The van der Waals surface area contributed by atoms with Gasteiger partial charge in [-0.1, -0.05) is 30.8 Å². The monoisotopic (exact) mass is 444 g/mol. The predicted octanol–water partition coefficient (Wildman–Crippen LogP) is 3.60. The summed E-state index contributed by atoms with van der Waals surface area (Å²) in [7, 11) is 3.02. The standard InChI is InChI=1S/C21H24N4O5S/c1-5-16-18(20(27)30-4)19(13-8-7-9-14(10-13)25(28)29)24-15(12-31-21(24)22-16)11-17(26)23(3)6-2/h7-10,12,19H,5-6,11H2,1-4H3. The summed E-state index contributed by atoms with van der Waals surface area (Å²) in [5.41, 5.74) is 2.04. The molecule has 2 heterocycles. The van der Waals surface area contributed by atoms with Gasteiger partial charge in [0.1, 0.15) is 0 Å². The number of fused-ring (bicyclic) bond motifs is 1. The van der Waals surface area contributed by atoms with Gasteiger partial charge in [-0.25, -0.2) is 9.79 Å². The number of ether oxygens (including phenoxy) is 1. The Morgan fingerprint density at radius 2 is 2.10 bits per heavy atom. The number of nitrogens with zero attached hydrogens (tertiary/aromatic N) is 4. The summed E-state index contributed by atoms with van der Waals surface area (Å²) in [6, 6.07) is 5.48. The van der Waals surface area contributed by atoms with Crippen LogP contribution in [0.25, 0.3) is 0 Å². The molecule has 3 rings (SSSR count). The summed E-state index contributed by atoms with van der Waals surface area (Å²) in [5, 5.41) is 13.8. The Hall–Kier alpha value is -3.14. The quantitative estimate of drug-likeness (QED) is 0.359. The topological polar surface area (TPSA) is 105 Å². The lowest BCUT2D eigenvalue weighted by Gasteiger charge is -2.36. The van der Waals surface area contributed by atoms with Crippen LogP contribution in [0.3, 0.4) is 0 Å². The number of allylic oxidation sites excluding steroid dienone is 1. The molecule has 0 spiro atoms. The van der Waals surface area contributed by atoms with E-state index in [1.165, 1.54) is 31.0 Å². The number of carbonyl (C=O) groups excluding carboxylic acids is 2. The highest BCUT2D eigenvalue weighted by atomic mass is 32.2. The largest absolute Gasteiger partial charge is 0.466 e. The van der Waals surface area contributed by atoms with E-state index in [1.807, 2.05) is 24.2 Å². The van der Waals surface area contributed by atoms with Crippen LogP contribution in [0, 0.1) is 10.1 Å². The van der Waals surface area contributed by atoms with Crippen molar-refractivity contribution in [3.05, 3.63) is 62.3 Å². The van der Waals surface area contributed by atoms with Crippen molar-refractivity contribution >= 4 is 34.5 Å². The second-order valence-electron chi connectivity index (χ2n) is 7.04. The van der Waals surface area contributed by atoms with Crippen LogP contribution >= 0.6 is 11.8 Å². The number of nitro groups is 1. The molecule has 9 nitrogen and oxygen atoms in total. The minimum absolute atomic E-state index is 0.0710. The van der Waals surface area contributed by atoms with E-state index in [-0.39, 0.29) is 18.0 Å². The van der Waals surface area contributed by atoms with Gasteiger partial charge in [-0.3, -0.25) is 14.9 Å². The van der Waals surface area contributed by atoms with Crippen molar-refractivity contribution in [3.8, 4) is 0 Å². The summed E-state index contributed by atoms with van der Waals surface area (Å²) in [5.74, 6) is -0.623. The highest BCUT2D eigenvalue weighted by Crippen LogP contribution is 2.45. The highest BCUT2D eigenvalue weighted by molar-refractivity contribution is 8.16. The Morgan fingerprint density at radius 3 is 2.71 bits per heavy atom. The van der Waals surface area contributed by atoms with Crippen molar-refractivity contribution in [2.24, 2.45) is 4.99 Å². The summed E-state index contributed by atoms with van der Waals surface area (Å²) in [6.07, 6.45) is 0.609. The molecule has 0 saturated heterocycles. The summed E-state index contributed by atoms with van der Waals surface area (Å²) < 4.78 is 5.04. The number of esters is 1. The molecule has 1 atom stereocenters. The second-order valence-corrected chi connectivity index (χ2v) is 7.87. The Balaban J connectivity index is 2.14. The number of amides is 1. The van der Waals surface area contributed by atoms with Crippen molar-refractivity contribution < 1.29 is 19.2 Å². The van der Waals surface area contributed by atoms with Gasteiger partial charge in [0.2, 0.25) is 5.91 Å². The average molecular weight is 445 g/mol. The van der Waals surface area contributed by atoms with E-state index in [1.54, 1.807) is 24.1 Å². The third-order valence-corrected chi connectivity index (χ3v) is 6.15. The van der Waals surface area contributed by atoms with Gasteiger partial charge < -0.3 is 14.5 Å². The highest BCUT2D eigenvalue weighted by Gasteiger charge is 2.42. The number of rotatable bonds is 7. The molecule has 2 aliphatic heterocycles. The van der Waals surface area contributed by atoms with Crippen LogP contribution in [0.5, 0.6) is 0 Å². The number of thioether (sulfide) groups is 1. The number of methoxy groups -OCH3 is 1. The van der Waals surface area contributed by atoms with Crippen LogP contribution in [0.1, 0.15) is 38.3 Å². The summed E-state index contributed by atoms with van der Waals surface area (Å²) >= 11 is 1.37. The van der Waals surface area contributed by atoms with Gasteiger partial charge in [0, 0.05) is 31.4 Å². The Kier molecular flexibility index (Phi) is 6.79. The van der Waals surface area contributed by atoms with Crippen LogP contribution in [0.2, 0.25) is 0 Å². The maximum Gasteiger partial charge on any atom is 0.338 e. The maximum absolute atomic E-state index is 12.8. The van der Waals surface area contributed by atoms with Crippen LogP contribution in [0.4, 0.5) is 5.69 Å². The molecule has 1 aromatic rings. The van der Waals surface area contributed by atoms with E-state index >= 15 is 0 Å². The third kappa shape index (κ3) is 4.34. The Morgan fingerprint density at radius 1 is 1.35 bits per heavy atom. The lowest BCUT2D eigenvalue weighted by molar-refractivity contribution is -0.384. The molecule has 164 valence electrons. The maximum atomic E-state index is 12.8. The first-order valence-electron chi connectivity index (χ1n) is 9.85. The van der Waals surface area contributed by atoms with Gasteiger partial charge >= 0.3 is 5.97 Å². The molecule has 0 fully saturated rings. The van der Waals surface area contributed by atoms with Crippen molar-refractivity contribution in [2.45, 2.75) is 32.7 Å². The number of nitro benzene ring substituents is 1. The second kappa shape index (κ2) is 9.34. The zero-order valence-electron chi connectivity index (χ0n) is 17.8. The van der Waals surface area contributed by atoms with Crippen LogP contribution in [-0.2, 0) is 14.3 Å². The van der Waals surface area contributed by atoms with Crippen LogP contribution < -0.4 is 0 Å². The van der Waals surface area contributed by atoms with Gasteiger partial charge in [-0.2, -0.15) is 0 Å². The molecule has 1 amide bonds. The van der Waals surface area contributed by atoms with E-state index in [4.69, 9.17) is 4.74 Å². The molecule has 0 aliphatic carbocycles. The van der Waals surface area contributed by atoms with Gasteiger partial charge in [0.25, 0.3) is 5.69 Å². The molecule has 0 radical (unpaired) electrons. The number of aliphatic imine (C=N–C) groups is 1. The van der Waals surface area contributed by atoms with Gasteiger partial charge in [-0.05, 0) is 24.3 Å². The number of hydrogen-bond acceptors (Lipinski definition) is 8. The number of non-ortho nitro benzene ring substituents is 1. The zero-order chi connectivity index (χ0) is 22.7. The summed E-state index contributed by atoms with van der Waals surface area (Å²) in [4.78, 5) is 44.4. The lowest BCUT2D eigenvalue weighted by Crippen LogP contribution is -2.38.